The summed E-state index contributed by atoms with van der Waals surface area (Å²) < 4.78 is 5.71. The van der Waals surface area contributed by atoms with E-state index >= 15 is 0 Å². The average Bonchev–Trinajstić information content (AvgIpc) is 2.37. The van der Waals surface area contributed by atoms with Gasteiger partial charge in [0.05, 0.1) is 5.92 Å². The van der Waals surface area contributed by atoms with Crippen molar-refractivity contribution in [2.45, 2.75) is 59.8 Å². The van der Waals surface area contributed by atoms with Crippen molar-refractivity contribution in [2.75, 3.05) is 0 Å². The summed E-state index contributed by atoms with van der Waals surface area (Å²) in [6.45, 7) is 12.4. The molecule has 0 fully saturated rings. The predicted molar refractivity (Wildman–Crippen MR) is 79.7 cm³/mol. The second-order valence-corrected chi connectivity index (χ2v) is 5.81. The van der Waals surface area contributed by atoms with Crippen molar-refractivity contribution in [3.05, 3.63) is 29.3 Å². The zero-order valence-corrected chi connectivity index (χ0v) is 13.0. The minimum atomic E-state index is -0.127. The van der Waals surface area contributed by atoms with Crippen LogP contribution in [-0.2, 0) is 4.79 Å². The Kier molecular flexibility index (Phi) is 5.59. The monoisotopic (exact) mass is 262 g/mol. The minimum absolute atomic E-state index is 0.0553. The van der Waals surface area contributed by atoms with E-state index in [0.717, 1.165) is 23.3 Å². The van der Waals surface area contributed by atoms with E-state index in [4.69, 9.17) is 4.74 Å². The Balaban J connectivity index is 3.18. The molecule has 2 heteroatoms. The largest absolute Gasteiger partial charge is 0.426 e. The van der Waals surface area contributed by atoms with Gasteiger partial charge in [-0.05, 0) is 29.4 Å². The third kappa shape index (κ3) is 3.82. The molecular formula is C17H26O2. The van der Waals surface area contributed by atoms with E-state index in [9.17, 15) is 4.79 Å². The van der Waals surface area contributed by atoms with Gasteiger partial charge in [0.15, 0.2) is 0 Å². The molecule has 0 aliphatic carbocycles. The van der Waals surface area contributed by atoms with E-state index in [1.165, 1.54) is 0 Å². The molecular weight excluding hydrogens is 236 g/mol. The molecule has 0 aromatic heterocycles. The summed E-state index contributed by atoms with van der Waals surface area (Å²) in [6.07, 6.45) is 0.805. The average molecular weight is 262 g/mol. The number of ether oxygens (including phenoxy) is 1. The summed E-state index contributed by atoms with van der Waals surface area (Å²) in [6, 6.07) is 6.15. The number of carbonyl (C=O) groups excluding carboxylic acids is 1. The van der Waals surface area contributed by atoms with Crippen molar-refractivity contribution in [1.29, 1.82) is 0 Å². The summed E-state index contributed by atoms with van der Waals surface area (Å²) in [7, 11) is 0. The van der Waals surface area contributed by atoms with Gasteiger partial charge in [0, 0.05) is 0 Å². The molecule has 0 heterocycles. The molecule has 106 valence electrons. The van der Waals surface area contributed by atoms with Crippen molar-refractivity contribution in [2.24, 2.45) is 5.92 Å². The molecule has 0 N–H and O–H groups in total. The molecule has 1 unspecified atom stereocenters. The minimum Gasteiger partial charge on any atom is -0.426 e. The molecule has 0 bridgehead atoms. The van der Waals surface area contributed by atoms with E-state index in [1.54, 1.807) is 0 Å². The first-order valence-electron chi connectivity index (χ1n) is 7.22. The number of hydrogen-bond donors (Lipinski definition) is 0. The Morgan fingerprint density at radius 1 is 1.05 bits per heavy atom. The molecule has 1 rings (SSSR count). The van der Waals surface area contributed by atoms with Gasteiger partial charge in [0.2, 0.25) is 0 Å². The van der Waals surface area contributed by atoms with Crippen LogP contribution in [0.4, 0.5) is 0 Å². The maximum atomic E-state index is 12.1. The van der Waals surface area contributed by atoms with Crippen LogP contribution in [0, 0.1) is 5.92 Å². The SMILES string of the molecule is CCC(C)C(=O)Oc1c(C(C)C)cccc1C(C)C. The fraction of sp³-hybridized carbons (Fsp3) is 0.588. The lowest BCUT2D eigenvalue weighted by molar-refractivity contribution is -0.138. The van der Waals surface area contributed by atoms with Gasteiger partial charge >= 0.3 is 5.97 Å². The zero-order chi connectivity index (χ0) is 14.6. The fourth-order valence-electron chi connectivity index (χ4n) is 1.97. The molecule has 0 saturated carbocycles. The number of carbonyl (C=O) groups is 1. The maximum absolute atomic E-state index is 12.1. The molecule has 1 aromatic carbocycles. The maximum Gasteiger partial charge on any atom is 0.314 e. The van der Waals surface area contributed by atoms with Crippen molar-refractivity contribution in [3.63, 3.8) is 0 Å². The predicted octanol–water partition coefficient (Wildman–Crippen LogP) is 4.88. The van der Waals surface area contributed by atoms with Crippen LogP contribution in [0.2, 0.25) is 0 Å². The number of para-hydroxylation sites is 1. The van der Waals surface area contributed by atoms with E-state index in [0.29, 0.717) is 11.8 Å². The third-order valence-corrected chi connectivity index (χ3v) is 3.54. The Labute approximate surface area is 117 Å². The van der Waals surface area contributed by atoms with Crippen LogP contribution in [0.25, 0.3) is 0 Å². The lowest BCUT2D eigenvalue weighted by Crippen LogP contribution is -2.19. The summed E-state index contributed by atoms with van der Waals surface area (Å²) in [5.41, 5.74) is 2.23. The van der Waals surface area contributed by atoms with Gasteiger partial charge < -0.3 is 4.74 Å². The molecule has 2 nitrogen and oxygen atoms in total. The topological polar surface area (TPSA) is 26.3 Å². The molecule has 19 heavy (non-hydrogen) atoms. The van der Waals surface area contributed by atoms with E-state index in [2.05, 4.69) is 39.8 Å². The highest BCUT2D eigenvalue weighted by Gasteiger charge is 2.20. The molecule has 0 radical (unpaired) electrons. The normalized spacial score (nSPS) is 12.8. The molecule has 0 amide bonds. The summed E-state index contributed by atoms with van der Waals surface area (Å²) in [4.78, 5) is 12.1. The Morgan fingerprint density at radius 3 is 1.89 bits per heavy atom. The smallest absolute Gasteiger partial charge is 0.314 e. The lowest BCUT2D eigenvalue weighted by Gasteiger charge is -2.20. The fourth-order valence-corrected chi connectivity index (χ4v) is 1.97. The third-order valence-electron chi connectivity index (χ3n) is 3.54. The van der Waals surface area contributed by atoms with Gasteiger partial charge in [0.1, 0.15) is 5.75 Å². The van der Waals surface area contributed by atoms with Gasteiger partial charge in [-0.3, -0.25) is 4.79 Å². The lowest BCUT2D eigenvalue weighted by atomic mass is 9.94. The number of hydrogen-bond acceptors (Lipinski definition) is 2. The first-order chi connectivity index (χ1) is 8.88. The standard InChI is InChI=1S/C17H26O2/c1-7-13(6)17(18)19-16-14(11(2)3)9-8-10-15(16)12(4)5/h8-13H,7H2,1-6H3. The summed E-state index contributed by atoms with van der Waals surface area (Å²) in [5.74, 6) is 1.28. The van der Waals surface area contributed by atoms with Crippen LogP contribution < -0.4 is 4.74 Å². The highest BCUT2D eigenvalue weighted by molar-refractivity contribution is 5.75. The van der Waals surface area contributed by atoms with Gasteiger partial charge in [-0.1, -0.05) is 59.7 Å². The first-order valence-corrected chi connectivity index (χ1v) is 7.22. The molecule has 1 atom stereocenters. The van der Waals surface area contributed by atoms with Gasteiger partial charge in [0.25, 0.3) is 0 Å². The Hall–Kier alpha value is -1.31. The van der Waals surface area contributed by atoms with Crippen LogP contribution in [-0.4, -0.2) is 5.97 Å². The number of benzene rings is 1. The second-order valence-electron chi connectivity index (χ2n) is 5.81. The zero-order valence-electron chi connectivity index (χ0n) is 13.0. The number of esters is 1. The van der Waals surface area contributed by atoms with Crippen LogP contribution >= 0.6 is 0 Å². The summed E-state index contributed by atoms with van der Waals surface area (Å²) >= 11 is 0. The highest BCUT2D eigenvalue weighted by atomic mass is 16.5. The first kappa shape index (κ1) is 15.7. The quantitative estimate of drug-likeness (QED) is 0.558. The van der Waals surface area contributed by atoms with E-state index in [1.807, 2.05) is 19.9 Å². The molecule has 0 spiro atoms. The van der Waals surface area contributed by atoms with Crippen molar-refractivity contribution in [1.82, 2.24) is 0 Å². The molecule has 0 aliphatic rings. The van der Waals surface area contributed by atoms with E-state index in [-0.39, 0.29) is 11.9 Å². The van der Waals surface area contributed by atoms with Crippen molar-refractivity contribution >= 4 is 5.97 Å². The molecule has 0 aliphatic heterocycles. The van der Waals surface area contributed by atoms with Crippen LogP contribution in [0.3, 0.4) is 0 Å². The highest BCUT2D eigenvalue weighted by Crippen LogP contribution is 2.35. The van der Waals surface area contributed by atoms with E-state index < -0.39 is 0 Å². The van der Waals surface area contributed by atoms with Crippen LogP contribution in [0.15, 0.2) is 18.2 Å². The second kappa shape index (κ2) is 6.74. The van der Waals surface area contributed by atoms with Crippen molar-refractivity contribution < 1.29 is 9.53 Å². The van der Waals surface area contributed by atoms with Gasteiger partial charge in [-0.25, -0.2) is 0 Å². The van der Waals surface area contributed by atoms with Crippen LogP contribution in [0.5, 0.6) is 5.75 Å². The van der Waals surface area contributed by atoms with Gasteiger partial charge in [-0.15, -0.1) is 0 Å². The van der Waals surface area contributed by atoms with Crippen molar-refractivity contribution in [3.8, 4) is 5.75 Å². The van der Waals surface area contributed by atoms with Gasteiger partial charge in [-0.2, -0.15) is 0 Å². The summed E-state index contributed by atoms with van der Waals surface area (Å²) in [5, 5.41) is 0. The number of rotatable bonds is 5. The molecule has 1 aromatic rings. The Morgan fingerprint density at radius 2 is 1.53 bits per heavy atom. The van der Waals surface area contributed by atoms with Crippen LogP contribution in [0.1, 0.15) is 70.9 Å². The molecule has 0 saturated heterocycles. The Bertz CT molecular complexity index is 407.